The van der Waals surface area contributed by atoms with E-state index in [0.717, 1.165) is 9.80 Å². The highest BCUT2D eigenvalue weighted by Crippen LogP contribution is 2.24. The van der Waals surface area contributed by atoms with Crippen LogP contribution >= 0.6 is 0 Å². The highest BCUT2D eigenvalue weighted by Gasteiger charge is 2.47. The predicted molar refractivity (Wildman–Crippen MR) is 88.2 cm³/mol. The third kappa shape index (κ3) is 2.86. The van der Waals surface area contributed by atoms with Crippen LogP contribution in [0, 0.1) is 0 Å². The van der Waals surface area contributed by atoms with Crippen molar-refractivity contribution >= 4 is 23.8 Å². The van der Waals surface area contributed by atoms with E-state index in [1.807, 2.05) is 5.32 Å². The van der Waals surface area contributed by atoms with Gasteiger partial charge in [0.25, 0.3) is 17.7 Å². The number of alkyl halides is 1. The molecule has 0 unspecified atom stereocenters. The number of imide groups is 2. The summed E-state index contributed by atoms with van der Waals surface area (Å²) in [6.07, 6.45) is -3.38. The van der Waals surface area contributed by atoms with Crippen LogP contribution in [0.1, 0.15) is 27.1 Å². The average Bonchev–Trinajstić information content (AvgIpc) is 2.91. The van der Waals surface area contributed by atoms with Crippen LogP contribution in [0.4, 0.5) is 9.18 Å². The second-order valence-electron chi connectivity index (χ2n) is 6.42. The first kappa shape index (κ1) is 17.6. The van der Waals surface area contributed by atoms with Crippen molar-refractivity contribution in [1.29, 1.82) is 0 Å². The van der Waals surface area contributed by atoms with E-state index in [1.54, 1.807) is 24.3 Å². The van der Waals surface area contributed by atoms with E-state index in [4.69, 9.17) is 4.74 Å². The quantitative estimate of drug-likeness (QED) is 0.707. The number of ether oxygens (including phenoxy) is 1. The van der Waals surface area contributed by atoms with E-state index in [0.29, 0.717) is 24.1 Å². The first-order valence-corrected chi connectivity index (χ1v) is 8.56. The monoisotopic (exact) mass is 376 g/mol. The number of hydrogen-bond acceptors (Lipinski definition) is 6. The Morgan fingerprint density at radius 1 is 1.11 bits per heavy atom. The lowest BCUT2D eigenvalue weighted by Crippen LogP contribution is -2.71. The van der Waals surface area contributed by atoms with E-state index in [1.165, 1.54) is 0 Å². The lowest BCUT2D eigenvalue weighted by atomic mass is 10.1. The molecular weight excluding hydrogens is 359 g/mol. The zero-order valence-corrected chi connectivity index (χ0v) is 14.2. The minimum absolute atomic E-state index is 0.00832. The van der Waals surface area contributed by atoms with Crippen molar-refractivity contribution in [2.24, 2.45) is 0 Å². The van der Waals surface area contributed by atoms with Gasteiger partial charge in [-0.25, -0.2) is 9.18 Å². The van der Waals surface area contributed by atoms with Crippen molar-refractivity contribution in [2.75, 3.05) is 19.7 Å². The molecule has 3 atom stereocenters. The lowest BCUT2D eigenvalue weighted by molar-refractivity contribution is -0.141. The summed E-state index contributed by atoms with van der Waals surface area (Å²) in [5, 5.41) is 4.74. The molecule has 9 nitrogen and oxygen atoms in total. The minimum Gasteiger partial charge on any atom is -0.356 e. The van der Waals surface area contributed by atoms with Crippen molar-refractivity contribution in [3.8, 4) is 0 Å². The van der Waals surface area contributed by atoms with E-state index < -0.39 is 42.3 Å². The van der Waals surface area contributed by atoms with Gasteiger partial charge in [0, 0.05) is 13.0 Å². The molecule has 0 saturated carbocycles. The normalized spacial score (nSPS) is 27.5. The predicted octanol–water partition coefficient (Wildman–Crippen LogP) is -0.165. The Balaban J connectivity index is 1.39. The third-order valence-corrected chi connectivity index (χ3v) is 4.85. The van der Waals surface area contributed by atoms with Crippen LogP contribution in [0.3, 0.4) is 0 Å². The van der Waals surface area contributed by atoms with Crippen molar-refractivity contribution < 1.29 is 28.3 Å². The molecule has 0 radical (unpaired) electrons. The van der Waals surface area contributed by atoms with Crippen LogP contribution in [0.2, 0.25) is 0 Å². The molecule has 5 amide bonds. The zero-order valence-electron chi connectivity index (χ0n) is 14.2. The number of benzene rings is 1. The Morgan fingerprint density at radius 2 is 1.78 bits per heavy atom. The molecule has 3 heterocycles. The fourth-order valence-electron chi connectivity index (χ4n) is 3.54. The van der Waals surface area contributed by atoms with Gasteiger partial charge in [0.05, 0.1) is 24.3 Å². The van der Waals surface area contributed by atoms with Crippen LogP contribution in [0.15, 0.2) is 24.3 Å². The van der Waals surface area contributed by atoms with Gasteiger partial charge in [0.2, 0.25) is 6.17 Å². The molecule has 1 aromatic carbocycles. The molecule has 0 spiro atoms. The van der Waals surface area contributed by atoms with Crippen molar-refractivity contribution in [2.45, 2.75) is 25.0 Å². The Morgan fingerprint density at radius 3 is 2.44 bits per heavy atom. The molecule has 0 aromatic heterocycles. The molecular formula is C17H17FN4O5. The van der Waals surface area contributed by atoms with Crippen molar-refractivity contribution in [3.63, 3.8) is 0 Å². The maximum absolute atomic E-state index is 14.1. The number of hydrogen-bond donors (Lipinski definition) is 2. The summed E-state index contributed by atoms with van der Waals surface area (Å²) in [5.41, 5.74) is 0.692. The lowest BCUT2D eigenvalue weighted by Gasteiger charge is -2.45. The number of nitrogens with one attached hydrogen (secondary N) is 2. The maximum Gasteiger partial charge on any atom is 0.327 e. The van der Waals surface area contributed by atoms with Crippen LogP contribution in [0.5, 0.6) is 0 Å². The summed E-state index contributed by atoms with van der Waals surface area (Å²) in [6.45, 7) is 0.353. The number of fused-ring (bicyclic) bond motifs is 2. The van der Waals surface area contributed by atoms with Gasteiger partial charge < -0.3 is 4.74 Å². The standard InChI is InChI=1S/C17H17FN4O5/c18-12-13-19-6-5-11(22(13)17(26)20-14(12)23)27-8-7-21-15(24)9-3-1-2-4-10(9)16(21)25/h1-4,11-13,19H,5-8H2,(H,20,23,26)/t11-,12-,13+/m1/s1. The molecule has 27 heavy (non-hydrogen) atoms. The molecule has 10 heteroatoms. The average molecular weight is 376 g/mol. The summed E-state index contributed by atoms with van der Waals surface area (Å²) < 4.78 is 19.7. The van der Waals surface area contributed by atoms with Crippen LogP contribution < -0.4 is 10.6 Å². The fourth-order valence-corrected chi connectivity index (χ4v) is 3.54. The second-order valence-corrected chi connectivity index (χ2v) is 6.42. The summed E-state index contributed by atoms with van der Waals surface area (Å²) in [6, 6.07) is 5.80. The largest absolute Gasteiger partial charge is 0.356 e. The number of amides is 5. The first-order valence-electron chi connectivity index (χ1n) is 8.56. The van der Waals surface area contributed by atoms with Gasteiger partial charge in [0.1, 0.15) is 12.4 Å². The Bertz CT molecular complexity index is 796. The summed E-state index contributed by atoms with van der Waals surface area (Å²) >= 11 is 0. The SMILES string of the molecule is O=C1NC(=O)N2[C@H](NCC[C@H]2OCCN2C(=O)c3ccccc3C2=O)[C@H]1F. The molecule has 2 saturated heterocycles. The molecule has 0 bridgehead atoms. The highest BCUT2D eigenvalue weighted by molar-refractivity contribution is 6.21. The number of rotatable bonds is 4. The van der Waals surface area contributed by atoms with Crippen LogP contribution in [-0.2, 0) is 9.53 Å². The van der Waals surface area contributed by atoms with Gasteiger partial charge in [-0.05, 0) is 12.1 Å². The van der Waals surface area contributed by atoms with Crippen molar-refractivity contribution in [1.82, 2.24) is 20.4 Å². The fraction of sp³-hybridized carbons (Fsp3) is 0.412. The summed E-state index contributed by atoms with van der Waals surface area (Å²) in [4.78, 5) is 50.3. The zero-order chi connectivity index (χ0) is 19.1. The van der Waals surface area contributed by atoms with Crippen LogP contribution in [0.25, 0.3) is 0 Å². The molecule has 0 aliphatic carbocycles. The van der Waals surface area contributed by atoms with Crippen molar-refractivity contribution in [3.05, 3.63) is 35.4 Å². The van der Waals surface area contributed by atoms with Gasteiger partial charge in [-0.1, -0.05) is 12.1 Å². The molecule has 2 N–H and O–H groups in total. The van der Waals surface area contributed by atoms with Gasteiger partial charge in [-0.2, -0.15) is 0 Å². The second kappa shape index (κ2) is 6.71. The molecule has 3 aliphatic heterocycles. The van der Waals surface area contributed by atoms with E-state index in [2.05, 4.69) is 5.32 Å². The highest BCUT2D eigenvalue weighted by atomic mass is 19.1. The van der Waals surface area contributed by atoms with E-state index >= 15 is 0 Å². The minimum atomic E-state index is -1.90. The summed E-state index contributed by atoms with van der Waals surface area (Å²) in [7, 11) is 0. The number of carbonyl (C=O) groups is 4. The smallest absolute Gasteiger partial charge is 0.327 e. The molecule has 3 aliphatic rings. The first-order chi connectivity index (χ1) is 13.0. The third-order valence-electron chi connectivity index (χ3n) is 4.85. The molecule has 4 rings (SSSR count). The van der Waals surface area contributed by atoms with Gasteiger partial charge in [0.15, 0.2) is 0 Å². The van der Waals surface area contributed by atoms with Gasteiger partial charge in [-0.15, -0.1) is 0 Å². The van der Waals surface area contributed by atoms with E-state index in [9.17, 15) is 23.6 Å². The Hall–Kier alpha value is -2.85. The van der Waals surface area contributed by atoms with Gasteiger partial charge in [-0.3, -0.25) is 34.8 Å². The number of nitrogens with zero attached hydrogens (tertiary/aromatic N) is 2. The maximum atomic E-state index is 14.1. The number of urea groups is 1. The Labute approximate surface area is 153 Å². The van der Waals surface area contributed by atoms with Crippen LogP contribution in [-0.4, -0.2) is 71.8 Å². The number of carbonyl (C=O) groups excluding carboxylic acids is 4. The van der Waals surface area contributed by atoms with E-state index in [-0.39, 0.29) is 13.2 Å². The topological polar surface area (TPSA) is 108 Å². The summed E-state index contributed by atoms with van der Waals surface area (Å²) in [5.74, 6) is -1.78. The molecule has 1 aromatic rings. The molecule has 2 fully saturated rings. The molecule has 142 valence electrons. The Kier molecular flexibility index (Phi) is 4.36. The number of halogens is 1. The van der Waals surface area contributed by atoms with Gasteiger partial charge >= 0.3 is 6.03 Å².